The molecular weight excluding hydrogens is 342 g/mol. The van der Waals surface area contributed by atoms with Crippen molar-refractivity contribution < 1.29 is 14.4 Å². The predicted molar refractivity (Wildman–Crippen MR) is 104 cm³/mol. The zero-order chi connectivity index (χ0) is 19.4. The molecule has 1 atom stereocenters. The van der Waals surface area contributed by atoms with E-state index in [0.29, 0.717) is 22.4 Å². The van der Waals surface area contributed by atoms with Gasteiger partial charge in [-0.25, -0.2) is 0 Å². The largest absolute Gasteiger partial charge is 0.366 e. The fourth-order valence-corrected chi connectivity index (χ4v) is 3.25. The predicted octanol–water partition coefficient (Wildman–Crippen LogP) is 3.05. The van der Waals surface area contributed by atoms with Gasteiger partial charge in [0.25, 0.3) is 11.8 Å². The third kappa shape index (κ3) is 4.34. The number of nitrogens with one attached hydrogen (secondary N) is 1. The van der Waals surface area contributed by atoms with Crippen LogP contribution in [0.3, 0.4) is 0 Å². The highest BCUT2D eigenvalue weighted by Crippen LogP contribution is 2.20. The number of piperidine rings is 1. The maximum Gasteiger partial charge on any atom is 0.255 e. The molecule has 6 nitrogen and oxygen atoms in total. The lowest BCUT2D eigenvalue weighted by Crippen LogP contribution is -2.42. The van der Waals surface area contributed by atoms with E-state index in [4.69, 9.17) is 5.73 Å². The molecule has 6 heteroatoms. The minimum atomic E-state index is -0.537. The molecule has 2 aromatic carbocycles. The van der Waals surface area contributed by atoms with Crippen molar-refractivity contribution in [2.75, 3.05) is 11.9 Å². The summed E-state index contributed by atoms with van der Waals surface area (Å²) in [5.74, 6) is -0.804. The average Bonchev–Trinajstić information content (AvgIpc) is 2.68. The number of likely N-dealkylation sites (tertiary alicyclic amines) is 1. The van der Waals surface area contributed by atoms with Gasteiger partial charge in [-0.15, -0.1) is 0 Å². The number of nitrogens with zero attached hydrogens (tertiary/aromatic N) is 1. The Balaban J connectivity index is 1.65. The van der Waals surface area contributed by atoms with E-state index in [1.54, 1.807) is 36.4 Å². The standard InChI is InChI=1S/C21H23N3O3/c1-14-4-2-3-13-24(14)21(27)17-9-11-18(12-10-17)23-20(26)16-7-5-15(6-8-16)19(22)25/h5-12,14H,2-4,13H2,1H3,(H2,22,25)(H,23,26). The van der Waals surface area contributed by atoms with Crippen molar-refractivity contribution in [1.82, 2.24) is 4.90 Å². The van der Waals surface area contributed by atoms with Gasteiger partial charge in [0.1, 0.15) is 0 Å². The summed E-state index contributed by atoms with van der Waals surface area (Å²) in [4.78, 5) is 38.0. The van der Waals surface area contributed by atoms with Gasteiger partial charge < -0.3 is 16.0 Å². The molecule has 0 aromatic heterocycles. The molecule has 3 amide bonds. The molecule has 1 heterocycles. The van der Waals surface area contributed by atoms with E-state index in [1.165, 1.54) is 12.1 Å². The van der Waals surface area contributed by atoms with Crippen LogP contribution in [0.15, 0.2) is 48.5 Å². The molecule has 1 saturated heterocycles. The fourth-order valence-electron chi connectivity index (χ4n) is 3.25. The fraction of sp³-hybridized carbons (Fsp3) is 0.286. The van der Waals surface area contributed by atoms with Crippen LogP contribution in [0.2, 0.25) is 0 Å². The third-order valence-electron chi connectivity index (χ3n) is 4.89. The summed E-state index contributed by atoms with van der Waals surface area (Å²) >= 11 is 0. The number of primary amides is 1. The Morgan fingerprint density at radius 2 is 1.52 bits per heavy atom. The van der Waals surface area contributed by atoms with E-state index in [0.717, 1.165) is 25.8 Å². The molecule has 140 valence electrons. The smallest absolute Gasteiger partial charge is 0.255 e. The molecule has 1 aliphatic rings. The van der Waals surface area contributed by atoms with Crippen molar-refractivity contribution in [3.8, 4) is 0 Å². The minimum Gasteiger partial charge on any atom is -0.366 e. The molecule has 2 aromatic rings. The second kappa shape index (κ2) is 8.03. The lowest BCUT2D eigenvalue weighted by atomic mass is 10.0. The minimum absolute atomic E-state index is 0.0297. The molecule has 0 bridgehead atoms. The number of carbonyl (C=O) groups is 3. The summed E-state index contributed by atoms with van der Waals surface area (Å²) in [5, 5.41) is 2.78. The topological polar surface area (TPSA) is 92.5 Å². The number of nitrogens with two attached hydrogens (primary N) is 1. The molecule has 3 rings (SSSR count). The van der Waals surface area contributed by atoms with Crippen LogP contribution < -0.4 is 11.1 Å². The van der Waals surface area contributed by atoms with Crippen LogP contribution in [0.4, 0.5) is 5.69 Å². The summed E-state index contributed by atoms with van der Waals surface area (Å²) < 4.78 is 0. The van der Waals surface area contributed by atoms with Crippen molar-refractivity contribution in [2.24, 2.45) is 5.73 Å². The maximum absolute atomic E-state index is 12.7. The Morgan fingerprint density at radius 3 is 2.11 bits per heavy atom. The van der Waals surface area contributed by atoms with Crippen LogP contribution in [-0.4, -0.2) is 35.2 Å². The lowest BCUT2D eigenvalue weighted by Gasteiger charge is -2.33. The summed E-state index contributed by atoms with van der Waals surface area (Å²) in [6.45, 7) is 2.87. The molecule has 1 unspecified atom stereocenters. The van der Waals surface area contributed by atoms with E-state index in [-0.39, 0.29) is 17.9 Å². The zero-order valence-electron chi connectivity index (χ0n) is 15.3. The number of carbonyl (C=O) groups excluding carboxylic acids is 3. The van der Waals surface area contributed by atoms with Gasteiger partial charge in [0.15, 0.2) is 0 Å². The van der Waals surface area contributed by atoms with E-state index >= 15 is 0 Å². The van der Waals surface area contributed by atoms with Crippen LogP contribution in [0.1, 0.15) is 57.3 Å². The zero-order valence-corrected chi connectivity index (χ0v) is 15.3. The second-order valence-corrected chi connectivity index (χ2v) is 6.82. The number of amides is 3. The molecule has 0 aliphatic carbocycles. The van der Waals surface area contributed by atoms with Gasteiger partial charge in [-0.05, 0) is 74.7 Å². The first-order valence-corrected chi connectivity index (χ1v) is 9.08. The van der Waals surface area contributed by atoms with Gasteiger partial charge >= 0.3 is 0 Å². The Bertz CT molecular complexity index is 844. The highest BCUT2D eigenvalue weighted by molar-refractivity contribution is 6.05. The quantitative estimate of drug-likeness (QED) is 0.872. The van der Waals surface area contributed by atoms with Crippen molar-refractivity contribution in [1.29, 1.82) is 0 Å². The number of anilines is 1. The van der Waals surface area contributed by atoms with E-state index in [2.05, 4.69) is 12.2 Å². The lowest BCUT2D eigenvalue weighted by molar-refractivity contribution is 0.0635. The van der Waals surface area contributed by atoms with Crippen molar-refractivity contribution in [3.63, 3.8) is 0 Å². The van der Waals surface area contributed by atoms with Crippen molar-refractivity contribution >= 4 is 23.4 Å². The monoisotopic (exact) mass is 365 g/mol. The summed E-state index contributed by atoms with van der Waals surface area (Å²) in [7, 11) is 0. The van der Waals surface area contributed by atoms with Gasteiger partial charge in [-0.3, -0.25) is 14.4 Å². The van der Waals surface area contributed by atoms with Crippen molar-refractivity contribution in [3.05, 3.63) is 65.2 Å². The molecule has 0 spiro atoms. The van der Waals surface area contributed by atoms with E-state index < -0.39 is 5.91 Å². The van der Waals surface area contributed by atoms with Crippen molar-refractivity contribution in [2.45, 2.75) is 32.2 Å². The molecular formula is C21H23N3O3. The highest BCUT2D eigenvalue weighted by atomic mass is 16.2. The summed E-state index contributed by atoms with van der Waals surface area (Å²) in [6, 6.07) is 13.3. The van der Waals surface area contributed by atoms with Gasteiger partial charge in [0.2, 0.25) is 5.91 Å². The SMILES string of the molecule is CC1CCCCN1C(=O)c1ccc(NC(=O)c2ccc(C(N)=O)cc2)cc1. The maximum atomic E-state index is 12.7. The summed E-state index contributed by atoms with van der Waals surface area (Å²) in [5.41, 5.74) is 7.18. The first-order chi connectivity index (χ1) is 13.0. The first kappa shape index (κ1) is 18.6. The van der Waals surface area contributed by atoms with E-state index in [9.17, 15) is 14.4 Å². The molecule has 1 aliphatic heterocycles. The third-order valence-corrected chi connectivity index (χ3v) is 4.89. The number of hydrogen-bond donors (Lipinski definition) is 2. The van der Waals surface area contributed by atoms with Gasteiger partial charge in [-0.1, -0.05) is 0 Å². The van der Waals surface area contributed by atoms with Gasteiger partial charge in [0, 0.05) is 35.0 Å². The molecule has 0 saturated carbocycles. The van der Waals surface area contributed by atoms with Crippen LogP contribution in [0.25, 0.3) is 0 Å². The van der Waals surface area contributed by atoms with Crippen LogP contribution in [0.5, 0.6) is 0 Å². The molecule has 0 radical (unpaired) electrons. The van der Waals surface area contributed by atoms with Crippen LogP contribution in [-0.2, 0) is 0 Å². The number of hydrogen-bond acceptors (Lipinski definition) is 3. The van der Waals surface area contributed by atoms with Gasteiger partial charge in [-0.2, -0.15) is 0 Å². The van der Waals surface area contributed by atoms with Crippen LogP contribution in [0, 0.1) is 0 Å². The molecule has 3 N–H and O–H groups in total. The average molecular weight is 365 g/mol. The highest BCUT2D eigenvalue weighted by Gasteiger charge is 2.24. The first-order valence-electron chi connectivity index (χ1n) is 9.08. The molecule has 1 fully saturated rings. The number of rotatable bonds is 4. The Kier molecular flexibility index (Phi) is 5.54. The Hall–Kier alpha value is -3.15. The Morgan fingerprint density at radius 1 is 0.926 bits per heavy atom. The molecule has 27 heavy (non-hydrogen) atoms. The van der Waals surface area contributed by atoms with Gasteiger partial charge in [0.05, 0.1) is 0 Å². The Labute approximate surface area is 158 Å². The normalized spacial score (nSPS) is 16.6. The summed E-state index contributed by atoms with van der Waals surface area (Å²) in [6.07, 6.45) is 3.24. The van der Waals surface area contributed by atoms with Crippen LogP contribution >= 0.6 is 0 Å². The number of benzene rings is 2. The van der Waals surface area contributed by atoms with E-state index in [1.807, 2.05) is 4.90 Å². The second-order valence-electron chi connectivity index (χ2n) is 6.82.